The number of halogens is 1. The first-order chi connectivity index (χ1) is 8.67. The molecule has 0 amide bonds. The molecular weight excluding hydrogens is 233 g/mol. The summed E-state index contributed by atoms with van der Waals surface area (Å²) in [6, 6.07) is 7.62. The summed E-state index contributed by atoms with van der Waals surface area (Å²) >= 11 is 0. The number of aromatic nitrogens is 2. The first kappa shape index (κ1) is 12.3. The van der Waals surface area contributed by atoms with Crippen molar-refractivity contribution in [3.8, 4) is 11.6 Å². The molecule has 1 heterocycles. The van der Waals surface area contributed by atoms with Crippen molar-refractivity contribution >= 4 is 5.82 Å². The summed E-state index contributed by atoms with van der Waals surface area (Å²) in [5, 5.41) is 3.08. The number of anilines is 1. The Labute approximate surface area is 105 Å². The van der Waals surface area contributed by atoms with Crippen molar-refractivity contribution in [2.75, 3.05) is 11.9 Å². The highest BCUT2D eigenvalue weighted by Gasteiger charge is 2.04. The van der Waals surface area contributed by atoms with Gasteiger partial charge in [-0.3, -0.25) is 0 Å². The van der Waals surface area contributed by atoms with Crippen LogP contribution in [0.15, 0.2) is 30.3 Å². The van der Waals surface area contributed by atoms with Gasteiger partial charge in [0.05, 0.1) is 0 Å². The monoisotopic (exact) mass is 247 g/mol. The van der Waals surface area contributed by atoms with Crippen LogP contribution in [0.2, 0.25) is 0 Å². The quantitative estimate of drug-likeness (QED) is 0.901. The molecule has 1 aromatic heterocycles. The lowest BCUT2D eigenvalue weighted by Crippen LogP contribution is -2.02. The van der Waals surface area contributed by atoms with Crippen LogP contribution in [0.25, 0.3) is 0 Å². The first-order valence-electron chi connectivity index (χ1n) is 5.70. The number of nitrogens with zero attached hydrogens (tertiary/aromatic N) is 2. The predicted molar refractivity (Wildman–Crippen MR) is 67.4 cm³/mol. The topological polar surface area (TPSA) is 47.0 Å². The van der Waals surface area contributed by atoms with Crippen molar-refractivity contribution in [1.82, 2.24) is 9.97 Å². The third-order valence-electron chi connectivity index (χ3n) is 2.19. The highest BCUT2D eigenvalue weighted by atomic mass is 19.1. The van der Waals surface area contributed by atoms with Crippen LogP contribution < -0.4 is 10.1 Å². The van der Waals surface area contributed by atoms with E-state index >= 15 is 0 Å². The highest BCUT2D eigenvalue weighted by Crippen LogP contribution is 2.22. The molecular formula is C13H14FN3O. The maximum Gasteiger partial charge on any atom is 0.224 e. The molecule has 1 N–H and O–H groups in total. The second-order valence-electron chi connectivity index (χ2n) is 3.73. The van der Waals surface area contributed by atoms with E-state index in [2.05, 4.69) is 15.3 Å². The van der Waals surface area contributed by atoms with Crippen LogP contribution in [-0.4, -0.2) is 16.5 Å². The van der Waals surface area contributed by atoms with Gasteiger partial charge in [0.15, 0.2) is 0 Å². The first-order valence-corrected chi connectivity index (χ1v) is 5.70. The minimum atomic E-state index is -0.342. The molecule has 0 fully saturated rings. The molecule has 0 bridgehead atoms. The van der Waals surface area contributed by atoms with Gasteiger partial charge in [-0.05, 0) is 26.0 Å². The Balaban J connectivity index is 2.23. The van der Waals surface area contributed by atoms with Crippen LogP contribution >= 0.6 is 0 Å². The molecule has 18 heavy (non-hydrogen) atoms. The van der Waals surface area contributed by atoms with Crippen molar-refractivity contribution in [3.05, 3.63) is 42.0 Å². The molecule has 2 rings (SSSR count). The van der Waals surface area contributed by atoms with Crippen LogP contribution in [0.5, 0.6) is 11.6 Å². The summed E-state index contributed by atoms with van der Waals surface area (Å²) in [5.41, 5.74) is 0. The van der Waals surface area contributed by atoms with Gasteiger partial charge in [0, 0.05) is 18.7 Å². The van der Waals surface area contributed by atoms with Crippen molar-refractivity contribution in [1.29, 1.82) is 0 Å². The third-order valence-corrected chi connectivity index (χ3v) is 2.19. The van der Waals surface area contributed by atoms with Gasteiger partial charge in [0.2, 0.25) is 5.88 Å². The number of ether oxygens (including phenoxy) is 1. The number of hydrogen-bond acceptors (Lipinski definition) is 4. The zero-order valence-corrected chi connectivity index (χ0v) is 10.3. The number of aryl methyl sites for hydroxylation is 1. The number of benzene rings is 1. The summed E-state index contributed by atoms with van der Waals surface area (Å²) in [6.45, 7) is 4.51. The van der Waals surface area contributed by atoms with Gasteiger partial charge in [-0.15, -0.1) is 0 Å². The van der Waals surface area contributed by atoms with E-state index in [0.717, 1.165) is 6.54 Å². The normalized spacial score (nSPS) is 10.2. The maximum atomic E-state index is 13.0. The molecule has 0 saturated carbocycles. The van der Waals surface area contributed by atoms with Gasteiger partial charge < -0.3 is 10.1 Å². The van der Waals surface area contributed by atoms with E-state index in [1.54, 1.807) is 25.1 Å². The van der Waals surface area contributed by atoms with E-state index in [9.17, 15) is 4.39 Å². The minimum absolute atomic E-state index is 0.342. The van der Waals surface area contributed by atoms with Crippen LogP contribution in [0.4, 0.5) is 10.2 Å². The van der Waals surface area contributed by atoms with Gasteiger partial charge >= 0.3 is 0 Å². The van der Waals surface area contributed by atoms with E-state index in [4.69, 9.17) is 4.74 Å². The Morgan fingerprint density at radius 1 is 1.28 bits per heavy atom. The van der Waals surface area contributed by atoms with Crippen molar-refractivity contribution in [2.24, 2.45) is 0 Å². The van der Waals surface area contributed by atoms with Gasteiger partial charge in [-0.25, -0.2) is 9.37 Å². The Bertz CT molecular complexity index is 546. The molecule has 1 aromatic carbocycles. The molecule has 0 spiro atoms. The van der Waals surface area contributed by atoms with Crippen molar-refractivity contribution < 1.29 is 9.13 Å². The van der Waals surface area contributed by atoms with Gasteiger partial charge in [-0.1, -0.05) is 6.07 Å². The minimum Gasteiger partial charge on any atom is -0.439 e. The molecule has 0 atom stereocenters. The molecule has 4 nitrogen and oxygen atoms in total. The second kappa shape index (κ2) is 5.44. The summed E-state index contributed by atoms with van der Waals surface area (Å²) in [6.07, 6.45) is 0. The predicted octanol–water partition coefficient (Wildman–Crippen LogP) is 3.15. The fourth-order valence-corrected chi connectivity index (χ4v) is 1.52. The van der Waals surface area contributed by atoms with E-state index in [0.29, 0.717) is 23.3 Å². The van der Waals surface area contributed by atoms with Crippen LogP contribution in [-0.2, 0) is 0 Å². The van der Waals surface area contributed by atoms with Crippen molar-refractivity contribution in [2.45, 2.75) is 13.8 Å². The fraction of sp³-hybridized carbons (Fsp3) is 0.231. The van der Waals surface area contributed by atoms with E-state index in [1.165, 1.54) is 12.1 Å². The van der Waals surface area contributed by atoms with Gasteiger partial charge in [-0.2, -0.15) is 4.98 Å². The van der Waals surface area contributed by atoms with Gasteiger partial charge in [0.1, 0.15) is 23.2 Å². The largest absolute Gasteiger partial charge is 0.439 e. The summed E-state index contributed by atoms with van der Waals surface area (Å²) in [7, 11) is 0. The number of hydrogen-bond donors (Lipinski definition) is 1. The number of rotatable bonds is 4. The lowest BCUT2D eigenvalue weighted by atomic mass is 10.3. The molecule has 0 aliphatic heterocycles. The molecule has 5 heteroatoms. The molecule has 0 aliphatic carbocycles. The third kappa shape index (κ3) is 3.16. The van der Waals surface area contributed by atoms with Crippen LogP contribution in [0.3, 0.4) is 0 Å². The van der Waals surface area contributed by atoms with E-state index in [-0.39, 0.29) is 5.82 Å². The Hall–Kier alpha value is -2.17. The van der Waals surface area contributed by atoms with Gasteiger partial charge in [0.25, 0.3) is 0 Å². The van der Waals surface area contributed by atoms with E-state index < -0.39 is 0 Å². The molecule has 0 radical (unpaired) electrons. The van der Waals surface area contributed by atoms with Crippen LogP contribution in [0, 0.1) is 12.7 Å². The van der Waals surface area contributed by atoms with Crippen LogP contribution in [0.1, 0.15) is 12.7 Å². The van der Waals surface area contributed by atoms with E-state index in [1.807, 2.05) is 6.92 Å². The Morgan fingerprint density at radius 3 is 2.83 bits per heavy atom. The SMILES string of the molecule is CCNc1cc(Oc2cccc(F)c2)nc(C)n1. The highest BCUT2D eigenvalue weighted by molar-refractivity contribution is 5.39. The standard InChI is InChI=1S/C13H14FN3O/c1-3-15-12-8-13(17-9(2)16-12)18-11-6-4-5-10(14)7-11/h4-8H,3H2,1-2H3,(H,15,16,17). The molecule has 0 saturated heterocycles. The Morgan fingerprint density at radius 2 is 2.11 bits per heavy atom. The zero-order valence-electron chi connectivity index (χ0n) is 10.3. The molecule has 0 unspecified atom stereocenters. The lowest BCUT2D eigenvalue weighted by Gasteiger charge is -2.08. The Kier molecular flexibility index (Phi) is 3.72. The maximum absolute atomic E-state index is 13.0. The molecule has 2 aromatic rings. The summed E-state index contributed by atoms with van der Waals surface area (Å²) in [4.78, 5) is 8.35. The number of nitrogens with one attached hydrogen (secondary N) is 1. The fourth-order valence-electron chi connectivity index (χ4n) is 1.52. The smallest absolute Gasteiger partial charge is 0.224 e. The average molecular weight is 247 g/mol. The van der Waals surface area contributed by atoms with Crippen molar-refractivity contribution in [3.63, 3.8) is 0 Å². The lowest BCUT2D eigenvalue weighted by molar-refractivity contribution is 0.455. The molecule has 0 aliphatic rings. The zero-order chi connectivity index (χ0) is 13.0. The average Bonchev–Trinajstić information content (AvgIpc) is 2.28. The molecule has 94 valence electrons. The second-order valence-corrected chi connectivity index (χ2v) is 3.73. The summed E-state index contributed by atoms with van der Waals surface area (Å²) < 4.78 is 18.5. The summed E-state index contributed by atoms with van der Waals surface area (Å²) in [5.74, 6) is 1.75.